The maximum absolute atomic E-state index is 12.1. The molecular formula is C17H18ClN2O+. The van der Waals surface area contributed by atoms with Crippen molar-refractivity contribution in [3.8, 4) is 0 Å². The summed E-state index contributed by atoms with van der Waals surface area (Å²) in [5.41, 5.74) is 3.45. The molecule has 0 unspecified atom stereocenters. The van der Waals surface area contributed by atoms with Crippen LogP contribution in [0.2, 0.25) is 5.02 Å². The zero-order chi connectivity index (χ0) is 14.7. The lowest BCUT2D eigenvalue weighted by Gasteiger charge is -2.13. The molecule has 1 N–H and O–H groups in total. The number of fused-ring (bicyclic) bond motifs is 1. The maximum atomic E-state index is 12.1. The van der Waals surface area contributed by atoms with Crippen LogP contribution in [0.1, 0.15) is 24.0 Å². The molecule has 0 atom stereocenters. The van der Waals surface area contributed by atoms with E-state index in [1.165, 1.54) is 24.0 Å². The van der Waals surface area contributed by atoms with Gasteiger partial charge in [-0.25, -0.2) is 0 Å². The molecule has 0 radical (unpaired) electrons. The summed E-state index contributed by atoms with van der Waals surface area (Å²) in [5.74, 6) is -0.0659. The highest BCUT2D eigenvalue weighted by atomic mass is 35.5. The molecule has 0 bridgehead atoms. The molecule has 1 aromatic carbocycles. The zero-order valence-electron chi connectivity index (χ0n) is 11.8. The minimum Gasteiger partial charge on any atom is -0.319 e. The molecule has 0 saturated heterocycles. The summed E-state index contributed by atoms with van der Waals surface area (Å²) in [7, 11) is 0. The minimum atomic E-state index is -0.0659. The SMILES string of the molecule is O=C(C[n+]1ccc2c(c1)CCCC2)Nc1ccccc1Cl. The number of amides is 1. The summed E-state index contributed by atoms with van der Waals surface area (Å²) in [5, 5.41) is 3.40. The third kappa shape index (κ3) is 3.42. The number of anilines is 1. The van der Waals surface area contributed by atoms with E-state index in [2.05, 4.69) is 17.6 Å². The Kier molecular flexibility index (Phi) is 4.20. The Hall–Kier alpha value is -1.87. The van der Waals surface area contributed by atoms with Crippen LogP contribution in [0.25, 0.3) is 0 Å². The number of halogens is 1. The number of nitrogens with one attached hydrogen (secondary N) is 1. The van der Waals surface area contributed by atoms with E-state index in [0.29, 0.717) is 17.3 Å². The third-order valence-electron chi connectivity index (χ3n) is 3.82. The topological polar surface area (TPSA) is 33.0 Å². The van der Waals surface area contributed by atoms with E-state index in [9.17, 15) is 4.79 Å². The summed E-state index contributed by atoms with van der Waals surface area (Å²) in [4.78, 5) is 12.1. The fraction of sp³-hybridized carbons (Fsp3) is 0.294. The first-order valence-electron chi connectivity index (χ1n) is 7.27. The Morgan fingerprint density at radius 1 is 1.14 bits per heavy atom. The van der Waals surface area contributed by atoms with Crippen LogP contribution in [-0.4, -0.2) is 5.91 Å². The fourth-order valence-electron chi connectivity index (χ4n) is 2.74. The Balaban J connectivity index is 1.69. The van der Waals surface area contributed by atoms with Gasteiger partial charge in [-0.15, -0.1) is 0 Å². The lowest BCUT2D eigenvalue weighted by molar-refractivity contribution is -0.684. The smallest absolute Gasteiger partial charge is 0.290 e. The van der Waals surface area contributed by atoms with Crippen molar-refractivity contribution in [1.82, 2.24) is 0 Å². The molecule has 1 aromatic heterocycles. The van der Waals surface area contributed by atoms with Gasteiger partial charge in [-0.2, -0.15) is 4.57 Å². The van der Waals surface area contributed by atoms with Gasteiger partial charge in [-0.1, -0.05) is 23.7 Å². The Labute approximate surface area is 129 Å². The molecule has 1 aliphatic rings. The van der Waals surface area contributed by atoms with Crippen LogP contribution in [-0.2, 0) is 24.2 Å². The molecule has 0 saturated carbocycles. The highest BCUT2D eigenvalue weighted by Crippen LogP contribution is 2.20. The first kappa shape index (κ1) is 14.1. The van der Waals surface area contributed by atoms with Crippen LogP contribution in [0.5, 0.6) is 0 Å². The van der Waals surface area contributed by atoms with Gasteiger partial charge in [0.2, 0.25) is 6.54 Å². The normalized spacial score (nSPS) is 13.6. The predicted molar refractivity (Wildman–Crippen MR) is 83.4 cm³/mol. The van der Waals surface area contributed by atoms with Crippen molar-refractivity contribution >= 4 is 23.2 Å². The Morgan fingerprint density at radius 3 is 2.71 bits per heavy atom. The molecule has 1 heterocycles. The number of rotatable bonds is 3. The van der Waals surface area contributed by atoms with Gasteiger partial charge in [0.1, 0.15) is 0 Å². The number of benzene rings is 1. The number of hydrogen-bond donors (Lipinski definition) is 1. The molecule has 108 valence electrons. The van der Waals surface area contributed by atoms with E-state index < -0.39 is 0 Å². The monoisotopic (exact) mass is 301 g/mol. The summed E-state index contributed by atoms with van der Waals surface area (Å²) in [6.07, 6.45) is 8.86. The van der Waals surface area contributed by atoms with Crippen LogP contribution in [0.15, 0.2) is 42.7 Å². The van der Waals surface area contributed by atoms with E-state index in [4.69, 9.17) is 11.6 Å². The van der Waals surface area contributed by atoms with E-state index in [-0.39, 0.29) is 5.91 Å². The lowest BCUT2D eigenvalue weighted by Crippen LogP contribution is -2.40. The van der Waals surface area contributed by atoms with E-state index >= 15 is 0 Å². The van der Waals surface area contributed by atoms with Gasteiger partial charge in [-0.3, -0.25) is 4.79 Å². The number of para-hydroxylation sites is 1. The molecule has 3 rings (SSSR count). The van der Waals surface area contributed by atoms with E-state index in [0.717, 1.165) is 12.8 Å². The summed E-state index contributed by atoms with van der Waals surface area (Å²) in [6, 6.07) is 9.40. The van der Waals surface area contributed by atoms with Crippen molar-refractivity contribution in [2.45, 2.75) is 32.2 Å². The number of carbonyl (C=O) groups is 1. The molecule has 21 heavy (non-hydrogen) atoms. The largest absolute Gasteiger partial charge is 0.319 e. The number of hydrogen-bond acceptors (Lipinski definition) is 1. The predicted octanol–water partition coefficient (Wildman–Crippen LogP) is 3.15. The maximum Gasteiger partial charge on any atom is 0.290 e. The van der Waals surface area contributed by atoms with Crippen molar-refractivity contribution in [2.75, 3.05) is 5.32 Å². The Morgan fingerprint density at radius 2 is 1.90 bits per heavy atom. The molecule has 3 nitrogen and oxygen atoms in total. The number of aryl methyl sites for hydroxylation is 2. The van der Waals surface area contributed by atoms with Crippen LogP contribution < -0.4 is 9.88 Å². The molecule has 0 aliphatic heterocycles. The standard InChI is InChI=1S/C17H17ClN2O/c18-15-7-3-4-8-16(15)19-17(21)12-20-10-9-13-5-1-2-6-14(13)11-20/h3-4,7-11H,1-2,5-6,12H2/p+1. The molecule has 1 aliphatic carbocycles. The quantitative estimate of drug-likeness (QED) is 0.868. The average Bonchev–Trinajstić information content (AvgIpc) is 2.49. The molecular weight excluding hydrogens is 284 g/mol. The third-order valence-corrected chi connectivity index (χ3v) is 4.15. The lowest BCUT2D eigenvalue weighted by atomic mass is 9.93. The van der Waals surface area contributed by atoms with Gasteiger partial charge in [0.05, 0.1) is 10.7 Å². The van der Waals surface area contributed by atoms with Gasteiger partial charge in [0.25, 0.3) is 5.91 Å². The minimum absolute atomic E-state index is 0.0659. The fourth-order valence-corrected chi connectivity index (χ4v) is 2.92. The molecule has 2 aromatic rings. The van der Waals surface area contributed by atoms with Gasteiger partial charge in [-0.05, 0) is 43.4 Å². The number of carbonyl (C=O) groups excluding carboxylic acids is 1. The molecule has 0 spiro atoms. The highest BCUT2D eigenvalue weighted by molar-refractivity contribution is 6.33. The summed E-state index contributed by atoms with van der Waals surface area (Å²) < 4.78 is 1.94. The summed E-state index contributed by atoms with van der Waals surface area (Å²) >= 11 is 6.04. The van der Waals surface area contributed by atoms with Crippen LogP contribution in [0, 0.1) is 0 Å². The van der Waals surface area contributed by atoms with Crippen molar-refractivity contribution in [2.24, 2.45) is 0 Å². The molecule has 0 fully saturated rings. The van der Waals surface area contributed by atoms with Crippen LogP contribution >= 0.6 is 11.6 Å². The van der Waals surface area contributed by atoms with Crippen LogP contribution in [0.4, 0.5) is 5.69 Å². The number of pyridine rings is 1. The van der Waals surface area contributed by atoms with Crippen LogP contribution in [0.3, 0.4) is 0 Å². The second-order valence-corrected chi connectivity index (χ2v) is 5.81. The highest BCUT2D eigenvalue weighted by Gasteiger charge is 2.16. The van der Waals surface area contributed by atoms with Gasteiger partial charge >= 0.3 is 0 Å². The number of aromatic nitrogens is 1. The van der Waals surface area contributed by atoms with Crippen molar-refractivity contribution in [3.05, 3.63) is 58.9 Å². The molecule has 1 amide bonds. The van der Waals surface area contributed by atoms with Gasteiger partial charge in [0.15, 0.2) is 12.4 Å². The van der Waals surface area contributed by atoms with Gasteiger partial charge < -0.3 is 5.32 Å². The van der Waals surface area contributed by atoms with Crippen molar-refractivity contribution < 1.29 is 9.36 Å². The van der Waals surface area contributed by atoms with E-state index in [1.807, 2.05) is 22.9 Å². The second-order valence-electron chi connectivity index (χ2n) is 5.40. The number of nitrogens with zero attached hydrogens (tertiary/aromatic N) is 1. The first-order valence-corrected chi connectivity index (χ1v) is 7.65. The zero-order valence-corrected chi connectivity index (χ0v) is 12.6. The second kappa shape index (κ2) is 6.27. The Bertz CT molecular complexity index is 670. The van der Waals surface area contributed by atoms with Crippen molar-refractivity contribution in [1.29, 1.82) is 0 Å². The van der Waals surface area contributed by atoms with Crippen molar-refractivity contribution in [3.63, 3.8) is 0 Å². The summed E-state index contributed by atoms with van der Waals surface area (Å²) in [6.45, 7) is 0.304. The van der Waals surface area contributed by atoms with E-state index in [1.54, 1.807) is 12.1 Å². The molecule has 4 heteroatoms. The first-order chi connectivity index (χ1) is 10.2. The van der Waals surface area contributed by atoms with Gasteiger partial charge in [0, 0.05) is 11.6 Å². The average molecular weight is 302 g/mol.